The normalized spacial score (nSPS) is 10.9. The average Bonchev–Trinajstić information content (AvgIpc) is 2.27. The van der Waals surface area contributed by atoms with E-state index in [9.17, 15) is 0 Å². The topological polar surface area (TPSA) is 0 Å². The second-order valence-corrected chi connectivity index (χ2v) is 4.00. The van der Waals surface area contributed by atoms with Crippen LogP contribution in [-0.2, 0) is 0 Å². The van der Waals surface area contributed by atoms with Gasteiger partial charge in [0.25, 0.3) is 0 Å². The Morgan fingerprint density at radius 3 is 1.00 bits per heavy atom. The minimum Gasteiger partial charge on any atom is -0.103 e. The van der Waals surface area contributed by atoms with Gasteiger partial charge in [-0.1, -0.05) is 36.5 Å². The zero-order chi connectivity index (χ0) is 12.2. The fraction of sp³-hybridized carbons (Fsp3) is 0.375. The summed E-state index contributed by atoms with van der Waals surface area (Å²) in [6, 6.07) is 0. The Hall–Kier alpha value is -1.30. The Bertz CT molecular complexity index is 199. The second-order valence-electron chi connectivity index (χ2n) is 4.00. The number of rotatable bonds is 10. The molecule has 0 fully saturated rings. The molecule has 0 nitrogen and oxygen atoms in total. The van der Waals surface area contributed by atoms with E-state index in [-0.39, 0.29) is 0 Å². The van der Waals surface area contributed by atoms with E-state index in [1.807, 2.05) is 24.3 Å². The van der Waals surface area contributed by atoms with Crippen molar-refractivity contribution in [3.8, 4) is 0 Å². The van der Waals surface area contributed by atoms with Crippen LogP contribution < -0.4 is 0 Å². The first-order valence-corrected chi connectivity index (χ1v) is 5.90. The summed E-state index contributed by atoms with van der Waals surface area (Å²) in [7, 11) is 0. The molecule has 0 aromatic heterocycles. The van der Waals surface area contributed by atoms with Crippen LogP contribution in [0.5, 0.6) is 0 Å². The van der Waals surface area contributed by atoms with Crippen molar-refractivity contribution >= 4 is 0 Å². The predicted molar refractivity (Wildman–Crippen MR) is 75.4 cm³/mol. The van der Waals surface area contributed by atoms with E-state index in [1.54, 1.807) is 0 Å². The third-order valence-corrected chi connectivity index (χ3v) is 2.53. The van der Waals surface area contributed by atoms with Crippen LogP contribution in [0.3, 0.4) is 0 Å². The van der Waals surface area contributed by atoms with Crippen molar-refractivity contribution in [1.29, 1.82) is 0 Å². The molecule has 0 N–H and O–H groups in total. The van der Waals surface area contributed by atoms with Crippen molar-refractivity contribution in [3.05, 3.63) is 62.8 Å². The molecule has 0 aliphatic rings. The van der Waals surface area contributed by atoms with E-state index < -0.39 is 0 Å². The van der Waals surface area contributed by atoms with Crippen molar-refractivity contribution < 1.29 is 0 Å². The molecule has 0 aliphatic heterocycles. The lowest BCUT2D eigenvalue weighted by molar-refractivity contribution is 0.637. The zero-order valence-corrected chi connectivity index (χ0v) is 10.3. The molecular formula is C16H24. The van der Waals surface area contributed by atoms with Crippen molar-refractivity contribution in [3.63, 3.8) is 0 Å². The molecule has 0 spiro atoms. The summed E-state index contributed by atoms with van der Waals surface area (Å²) < 4.78 is 0. The van der Waals surface area contributed by atoms with Gasteiger partial charge in [-0.05, 0) is 37.5 Å². The third-order valence-electron chi connectivity index (χ3n) is 2.53. The summed E-state index contributed by atoms with van der Waals surface area (Å²) in [5.41, 5.74) is 0. The average molecular weight is 216 g/mol. The first-order valence-electron chi connectivity index (χ1n) is 5.90. The Kier molecular flexibility index (Phi) is 9.39. The van der Waals surface area contributed by atoms with E-state index >= 15 is 0 Å². The highest BCUT2D eigenvalue weighted by atomic mass is 14.1. The Morgan fingerprint density at radius 2 is 0.812 bits per heavy atom. The number of hydrogen-bond donors (Lipinski definition) is 0. The second kappa shape index (κ2) is 10.2. The standard InChI is InChI=1S/C16H24/c1-5-9-15(10-6-2)13-14-16(11-7-3)12-8-4/h5-8,13-16H,1-4,9-12H2/b14-13-. The van der Waals surface area contributed by atoms with E-state index in [1.165, 1.54) is 0 Å². The lowest BCUT2D eigenvalue weighted by Gasteiger charge is -2.10. The largest absolute Gasteiger partial charge is 0.103 e. The van der Waals surface area contributed by atoms with Crippen LogP contribution in [0.1, 0.15) is 25.7 Å². The van der Waals surface area contributed by atoms with Gasteiger partial charge in [0.2, 0.25) is 0 Å². The van der Waals surface area contributed by atoms with Gasteiger partial charge in [0.15, 0.2) is 0 Å². The summed E-state index contributed by atoms with van der Waals surface area (Å²) in [6.45, 7) is 15.1. The van der Waals surface area contributed by atoms with E-state index in [2.05, 4.69) is 38.5 Å². The number of allylic oxidation sites excluding steroid dienone is 6. The van der Waals surface area contributed by atoms with Gasteiger partial charge >= 0.3 is 0 Å². The van der Waals surface area contributed by atoms with Crippen LogP contribution >= 0.6 is 0 Å². The Morgan fingerprint density at radius 1 is 0.562 bits per heavy atom. The molecule has 0 rings (SSSR count). The minimum atomic E-state index is 0.534. The highest BCUT2D eigenvalue weighted by Gasteiger charge is 2.03. The van der Waals surface area contributed by atoms with Crippen LogP contribution in [-0.4, -0.2) is 0 Å². The zero-order valence-electron chi connectivity index (χ0n) is 10.3. The van der Waals surface area contributed by atoms with Crippen LogP contribution in [0, 0.1) is 11.8 Å². The molecule has 0 heteroatoms. The van der Waals surface area contributed by atoms with Crippen LogP contribution in [0.15, 0.2) is 62.8 Å². The van der Waals surface area contributed by atoms with E-state index in [0.29, 0.717) is 11.8 Å². The Labute approximate surface area is 101 Å². The lowest BCUT2D eigenvalue weighted by atomic mass is 9.95. The molecule has 0 radical (unpaired) electrons. The maximum atomic E-state index is 3.78. The van der Waals surface area contributed by atoms with Crippen molar-refractivity contribution in [2.24, 2.45) is 11.8 Å². The van der Waals surface area contributed by atoms with Crippen LogP contribution in [0.25, 0.3) is 0 Å². The lowest BCUT2D eigenvalue weighted by Crippen LogP contribution is -1.97. The highest BCUT2D eigenvalue weighted by molar-refractivity contribution is 5.00. The maximum absolute atomic E-state index is 3.78. The predicted octanol–water partition coefficient (Wildman–Crippen LogP) is 5.08. The SMILES string of the molecule is C=CCC(/C=C\C(CC=C)CC=C)CC=C. The van der Waals surface area contributed by atoms with Crippen LogP contribution in [0.4, 0.5) is 0 Å². The van der Waals surface area contributed by atoms with Gasteiger partial charge in [0.05, 0.1) is 0 Å². The van der Waals surface area contributed by atoms with Gasteiger partial charge in [0.1, 0.15) is 0 Å². The summed E-state index contributed by atoms with van der Waals surface area (Å²) in [4.78, 5) is 0. The summed E-state index contributed by atoms with van der Waals surface area (Å²) >= 11 is 0. The van der Waals surface area contributed by atoms with Gasteiger partial charge in [0, 0.05) is 0 Å². The molecule has 0 unspecified atom stereocenters. The molecule has 0 bridgehead atoms. The van der Waals surface area contributed by atoms with Gasteiger partial charge in [-0.2, -0.15) is 0 Å². The summed E-state index contributed by atoms with van der Waals surface area (Å²) in [5, 5.41) is 0. The monoisotopic (exact) mass is 216 g/mol. The van der Waals surface area contributed by atoms with Gasteiger partial charge in [-0.3, -0.25) is 0 Å². The molecular weight excluding hydrogens is 192 g/mol. The molecule has 0 saturated carbocycles. The molecule has 88 valence electrons. The van der Waals surface area contributed by atoms with Gasteiger partial charge < -0.3 is 0 Å². The highest BCUT2D eigenvalue weighted by Crippen LogP contribution is 2.17. The van der Waals surface area contributed by atoms with Crippen molar-refractivity contribution in [2.75, 3.05) is 0 Å². The molecule has 0 heterocycles. The summed E-state index contributed by atoms with van der Waals surface area (Å²) in [6.07, 6.45) is 16.5. The quantitative estimate of drug-likeness (QED) is 0.447. The Balaban J connectivity index is 4.32. The smallest absolute Gasteiger partial charge is 0.0164 e. The van der Waals surface area contributed by atoms with E-state index in [0.717, 1.165) is 25.7 Å². The van der Waals surface area contributed by atoms with Crippen LogP contribution in [0.2, 0.25) is 0 Å². The van der Waals surface area contributed by atoms with Gasteiger partial charge in [-0.25, -0.2) is 0 Å². The molecule has 0 amide bonds. The fourth-order valence-electron chi connectivity index (χ4n) is 1.68. The first kappa shape index (κ1) is 14.7. The molecule has 0 saturated heterocycles. The molecule has 0 atom stereocenters. The van der Waals surface area contributed by atoms with Crippen molar-refractivity contribution in [1.82, 2.24) is 0 Å². The summed E-state index contributed by atoms with van der Waals surface area (Å²) in [5.74, 6) is 1.07. The van der Waals surface area contributed by atoms with Crippen molar-refractivity contribution in [2.45, 2.75) is 25.7 Å². The minimum absolute atomic E-state index is 0.534. The molecule has 0 aromatic carbocycles. The fourth-order valence-corrected chi connectivity index (χ4v) is 1.68. The third kappa shape index (κ3) is 7.05. The molecule has 0 aliphatic carbocycles. The number of hydrogen-bond acceptors (Lipinski definition) is 0. The van der Waals surface area contributed by atoms with Gasteiger partial charge in [-0.15, -0.1) is 26.3 Å². The molecule has 0 aromatic rings. The first-order chi connectivity index (χ1) is 7.78. The maximum Gasteiger partial charge on any atom is -0.0164 e. The molecule has 16 heavy (non-hydrogen) atoms. The van der Waals surface area contributed by atoms with E-state index in [4.69, 9.17) is 0 Å².